The van der Waals surface area contributed by atoms with E-state index in [0.717, 1.165) is 36.3 Å². The van der Waals surface area contributed by atoms with Gasteiger partial charge in [-0.05, 0) is 57.6 Å². The van der Waals surface area contributed by atoms with Crippen LogP contribution in [0.15, 0.2) is 24.3 Å². The maximum absolute atomic E-state index is 12.6. The summed E-state index contributed by atoms with van der Waals surface area (Å²) >= 11 is 0. The first-order valence-electron chi connectivity index (χ1n) is 10.8. The Labute approximate surface area is 171 Å². The van der Waals surface area contributed by atoms with E-state index in [9.17, 15) is 9.59 Å². The molecule has 0 spiro atoms. The van der Waals surface area contributed by atoms with Crippen LogP contribution in [-0.2, 0) is 4.79 Å². The highest BCUT2D eigenvalue weighted by Gasteiger charge is 2.38. The fraction of sp³-hybridized carbons (Fsp3) is 0.591. The van der Waals surface area contributed by atoms with Gasteiger partial charge in [0, 0.05) is 37.6 Å². The number of hydrogen-bond donors (Lipinski definition) is 3. The second-order valence-corrected chi connectivity index (χ2v) is 8.76. The molecule has 1 aliphatic carbocycles. The molecule has 3 N–H and O–H groups in total. The van der Waals surface area contributed by atoms with Crippen molar-refractivity contribution in [1.29, 1.82) is 0 Å². The number of benzene rings is 1. The van der Waals surface area contributed by atoms with Crippen LogP contribution < -0.4 is 10.6 Å². The van der Waals surface area contributed by atoms with Gasteiger partial charge < -0.3 is 15.6 Å². The predicted octanol–water partition coefficient (Wildman–Crippen LogP) is 2.45. The maximum Gasteiger partial charge on any atom is 0.287 e. The van der Waals surface area contributed by atoms with Crippen LogP contribution in [0.4, 0.5) is 0 Å². The van der Waals surface area contributed by atoms with E-state index in [1.54, 1.807) is 0 Å². The minimum Gasteiger partial charge on any atom is -0.354 e. The maximum atomic E-state index is 12.6. The number of likely N-dealkylation sites (tertiary alicyclic amines) is 1. The average molecular weight is 398 g/mol. The van der Waals surface area contributed by atoms with Crippen LogP contribution in [0.2, 0.25) is 0 Å². The standard InChI is InChI=1S/C22H31N5O2/c1-14(2)24-20(28)11-16-9-10-17(27(16)13-15-7-8-15)12-23-22(29)21-25-18-5-3-4-6-19(18)26-21/h3-6,14-17H,7-13H2,1-2H3,(H,23,29)(H,24,28)(H,25,26)/t16-,17+/m1/s1. The lowest BCUT2D eigenvalue weighted by atomic mass is 10.1. The molecule has 4 rings (SSSR count). The zero-order valence-corrected chi connectivity index (χ0v) is 17.3. The lowest BCUT2D eigenvalue weighted by Gasteiger charge is -2.30. The number of para-hydroxylation sites is 2. The summed E-state index contributed by atoms with van der Waals surface area (Å²) in [4.78, 5) is 34.8. The minimum atomic E-state index is -0.173. The van der Waals surface area contributed by atoms with Crippen LogP contribution in [0.1, 0.15) is 56.6 Å². The summed E-state index contributed by atoms with van der Waals surface area (Å²) in [7, 11) is 0. The molecule has 2 aliphatic rings. The van der Waals surface area contributed by atoms with Crippen LogP contribution in [0.3, 0.4) is 0 Å². The normalized spacial score (nSPS) is 22.3. The Morgan fingerprint density at radius 1 is 1.17 bits per heavy atom. The van der Waals surface area contributed by atoms with Gasteiger partial charge in [-0.15, -0.1) is 0 Å². The third kappa shape index (κ3) is 4.96. The number of nitrogens with one attached hydrogen (secondary N) is 3. The molecule has 2 atom stereocenters. The van der Waals surface area contributed by atoms with Gasteiger partial charge in [0.25, 0.3) is 5.91 Å². The fourth-order valence-electron chi connectivity index (χ4n) is 4.30. The Morgan fingerprint density at radius 3 is 2.66 bits per heavy atom. The lowest BCUT2D eigenvalue weighted by Crippen LogP contribution is -2.46. The second-order valence-electron chi connectivity index (χ2n) is 8.76. The minimum absolute atomic E-state index is 0.123. The van der Waals surface area contributed by atoms with Crippen molar-refractivity contribution in [2.24, 2.45) is 5.92 Å². The van der Waals surface area contributed by atoms with Crippen molar-refractivity contribution >= 4 is 22.8 Å². The topological polar surface area (TPSA) is 90.1 Å². The van der Waals surface area contributed by atoms with Crippen LogP contribution in [0.25, 0.3) is 11.0 Å². The molecule has 7 nitrogen and oxygen atoms in total. The van der Waals surface area contributed by atoms with Crippen molar-refractivity contribution in [2.45, 2.75) is 64.1 Å². The second kappa shape index (κ2) is 8.53. The van der Waals surface area contributed by atoms with E-state index in [4.69, 9.17) is 0 Å². The first-order chi connectivity index (χ1) is 14.0. The number of nitrogens with zero attached hydrogens (tertiary/aromatic N) is 2. The summed E-state index contributed by atoms with van der Waals surface area (Å²) in [5.41, 5.74) is 1.66. The number of hydrogen-bond acceptors (Lipinski definition) is 4. The number of carbonyl (C=O) groups excluding carboxylic acids is 2. The van der Waals surface area contributed by atoms with Crippen molar-refractivity contribution in [3.05, 3.63) is 30.1 Å². The molecular weight excluding hydrogens is 366 g/mol. The molecule has 2 fully saturated rings. The van der Waals surface area contributed by atoms with E-state index in [1.165, 1.54) is 12.8 Å². The van der Waals surface area contributed by atoms with Gasteiger partial charge in [0.15, 0.2) is 5.82 Å². The number of fused-ring (bicyclic) bond motifs is 1. The van der Waals surface area contributed by atoms with Gasteiger partial charge in [-0.2, -0.15) is 0 Å². The zero-order valence-electron chi connectivity index (χ0n) is 17.3. The quantitative estimate of drug-likeness (QED) is 0.638. The van der Waals surface area contributed by atoms with Gasteiger partial charge in [0.1, 0.15) is 0 Å². The number of carbonyl (C=O) groups is 2. The summed E-state index contributed by atoms with van der Waals surface area (Å²) in [5, 5.41) is 6.07. The molecular formula is C22H31N5O2. The van der Waals surface area contributed by atoms with E-state index in [1.807, 2.05) is 38.1 Å². The van der Waals surface area contributed by atoms with Gasteiger partial charge in [-0.3, -0.25) is 14.5 Å². The zero-order chi connectivity index (χ0) is 20.4. The molecule has 29 heavy (non-hydrogen) atoms. The molecule has 156 valence electrons. The smallest absolute Gasteiger partial charge is 0.287 e. The number of imidazole rings is 1. The summed E-state index contributed by atoms with van der Waals surface area (Å²) in [5.74, 6) is 1.05. The van der Waals surface area contributed by atoms with E-state index < -0.39 is 0 Å². The van der Waals surface area contributed by atoms with E-state index in [-0.39, 0.29) is 29.9 Å². The molecule has 2 amide bonds. The van der Waals surface area contributed by atoms with Crippen molar-refractivity contribution in [3.63, 3.8) is 0 Å². The Morgan fingerprint density at radius 2 is 1.93 bits per heavy atom. The number of aromatic amines is 1. The van der Waals surface area contributed by atoms with E-state index >= 15 is 0 Å². The molecule has 0 bridgehead atoms. The number of aromatic nitrogens is 2. The van der Waals surface area contributed by atoms with E-state index in [2.05, 4.69) is 25.5 Å². The summed E-state index contributed by atoms with van der Waals surface area (Å²) < 4.78 is 0. The monoisotopic (exact) mass is 397 g/mol. The van der Waals surface area contributed by atoms with Gasteiger partial charge in [0.2, 0.25) is 5.91 Å². The molecule has 7 heteroatoms. The summed E-state index contributed by atoms with van der Waals surface area (Å²) in [6.07, 6.45) is 5.11. The molecule has 0 unspecified atom stereocenters. The van der Waals surface area contributed by atoms with Gasteiger partial charge in [-0.1, -0.05) is 12.1 Å². The number of amides is 2. The van der Waals surface area contributed by atoms with Crippen molar-refractivity contribution in [2.75, 3.05) is 13.1 Å². The first-order valence-corrected chi connectivity index (χ1v) is 10.8. The van der Waals surface area contributed by atoms with Crippen molar-refractivity contribution < 1.29 is 9.59 Å². The predicted molar refractivity (Wildman–Crippen MR) is 113 cm³/mol. The van der Waals surface area contributed by atoms with Crippen LogP contribution in [-0.4, -0.2) is 57.9 Å². The van der Waals surface area contributed by atoms with Crippen LogP contribution >= 0.6 is 0 Å². The van der Waals surface area contributed by atoms with Crippen LogP contribution in [0.5, 0.6) is 0 Å². The summed E-state index contributed by atoms with van der Waals surface area (Å²) in [6.45, 7) is 5.60. The Hall–Kier alpha value is -2.41. The molecule has 1 aromatic carbocycles. The summed E-state index contributed by atoms with van der Waals surface area (Å²) in [6, 6.07) is 8.35. The number of rotatable bonds is 8. The fourth-order valence-corrected chi connectivity index (χ4v) is 4.30. The largest absolute Gasteiger partial charge is 0.354 e. The van der Waals surface area contributed by atoms with Gasteiger partial charge >= 0.3 is 0 Å². The Balaban J connectivity index is 1.36. The third-order valence-electron chi connectivity index (χ3n) is 5.91. The van der Waals surface area contributed by atoms with Crippen LogP contribution in [0, 0.1) is 5.92 Å². The van der Waals surface area contributed by atoms with Gasteiger partial charge in [0.05, 0.1) is 11.0 Å². The van der Waals surface area contributed by atoms with E-state index in [0.29, 0.717) is 18.8 Å². The molecule has 2 heterocycles. The highest BCUT2D eigenvalue weighted by Crippen LogP contribution is 2.35. The highest BCUT2D eigenvalue weighted by molar-refractivity contribution is 5.94. The molecule has 1 aliphatic heterocycles. The van der Waals surface area contributed by atoms with Gasteiger partial charge in [-0.25, -0.2) is 4.98 Å². The molecule has 0 radical (unpaired) electrons. The average Bonchev–Trinajstić information content (AvgIpc) is 3.27. The molecule has 1 saturated carbocycles. The molecule has 1 aromatic heterocycles. The highest BCUT2D eigenvalue weighted by atomic mass is 16.2. The van der Waals surface area contributed by atoms with Crippen molar-refractivity contribution in [1.82, 2.24) is 25.5 Å². The Kier molecular flexibility index (Phi) is 5.85. The Bertz CT molecular complexity index is 840. The molecule has 1 saturated heterocycles. The lowest BCUT2D eigenvalue weighted by molar-refractivity contribution is -0.122. The third-order valence-corrected chi connectivity index (χ3v) is 5.91. The first kappa shape index (κ1) is 19.9. The molecule has 2 aromatic rings. The number of H-pyrrole nitrogens is 1. The van der Waals surface area contributed by atoms with Crippen molar-refractivity contribution in [3.8, 4) is 0 Å². The SMILES string of the molecule is CC(C)NC(=O)C[C@H]1CC[C@@H](CNC(=O)c2nc3ccccc3[nH]2)N1CC1CC1.